The molecule has 3 nitrogen and oxygen atoms in total. The van der Waals surface area contributed by atoms with E-state index in [1.807, 2.05) is 0 Å². The Kier molecular flexibility index (Phi) is 4.54. The van der Waals surface area contributed by atoms with Crippen LogP contribution in [-0.2, 0) is 6.54 Å². The van der Waals surface area contributed by atoms with E-state index >= 15 is 0 Å². The van der Waals surface area contributed by atoms with Crippen molar-refractivity contribution in [2.24, 2.45) is 5.73 Å². The van der Waals surface area contributed by atoms with E-state index in [0.717, 1.165) is 18.1 Å². The molecule has 1 rings (SSSR count). The van der Waals surface area contributed by atoms with E-state index in [9.17, 15) is 0 Å². The van der Waals surface area contributed by atoms with Crippen LogP contribution in [0.4, 0.5) is 5.13 Å². The van der Waals surface area contributed by atoms with E-state index in [1.54, 1.807) is 11.3 Å². The molecule has 0 aromatic carbocycles. The van der Waals surface area contributed by atoms with Crippen LogP contribution in [-0.4, -0.2) is 18.6 Å². The summed E-state index contributed by atoms with van der Waals surface area (Å²) in [6, 6.07) is 0. The minimum absolute atomic E-state index is 0.513. The molecule has 1 aromatic rings. The van der Waals surface area contributed by atoms with Crippen LogP contribution < -0.4 is 10.6 Å². The van der Waals surface area contributed by atoms with Crippen LogP contribution in [0.2, 0.25) is 0 Å². The van der Waals surface area contributed by atoms with Crippen molar-refractivity contribution in [3.63, 3.8) is 0 Å². The van der Waals surface area contributed by atoms with E-state index in [-0.39, 0.29) is 0 Å². The second-order valence-electron chi connectivity index (χ2n) is 3.83. The molecule has 1 heterocycles. The quantitative estimate of drug-likeness (QED) is 0.840. The maximum Gasteiger partial charge on any atom is 0.185 e. The second-order valence-corrected chi connectivity index (χ2v) is 4.89. The molecule has 0 spiro atoms. The van der Waals surface area contributed by atoms with Crippen molar-refractivity contribution < 1.29 is 0 Å². The molecule has 4 heteroatoms. The Labute approximate surface area is 96.3 Å². The molecule has 0 bridgehead atoms. The van der Waals surface area contributed by atoms with Gasteiger partial charge in [0.1, 0.15) is 0 Å². The molecule has 1 unspecified atom stereocenters. The fourth-order valence-electron chi connectivity index (χ4n) is 1.37. The molecule has 1 atom stereocenters. The Morgan fingerprint density at radius 2 is 2.13 bits per heavy atom. The lowest BCUT2D eigenvalue weighted by Crippen LogP contribution is -2.15. The molecule has 0 aliphatic heterocycles. The highest BCUT2D eigenvalue weighted by molar-refractivity contribution is 7.15. The fraction of sp³-hybridized carbons (Fsp3) is 0.727. The minimum atomic E-state index is 0.513. The van der Waals surface area contributed by atoms with Crippen molar-refractivity contribution in [1.82, 2.24) is 4.98 Å². The van der Waals surface area contributed by atoms with Crippen LogP contribution in [0.1, 0.15) is 43.7 Å². The molecule has 0 amide bonds. The number of hydrogen-bond donors (Lipinski definition) is 1. The van der Waals surface area contributed by atoms with Gasteiger partial charge in [-0.25, -0.2) is 4.98 Å². The maximum atomic E-state index is 5.75. The first-order valence-corrected chi connectivity index (χ1v) is 6.36. The molecule has 0 aliphatic carbocycles. The Bertz CT molecular complexity index is 309. The molecule has 0 fully saturated rings. The van der Waals surface area contributed by atoms with Gasteiger partial charge in [0.25, 0.3) is 0 Å². The highest BCUT2D eigenvalue weighted by Gasteiger charge is 2.16. The third kappa shape index (κ3) is 2.69. The average molecular weight is 227 g/mol. The summed E-state index contributed by atoms with van der Waals surface area (Å²) in [4.78, 5) is 8.09. The predicted molar refractivity (Wildman–Crippen MR) is 67.7 cm³/mol. The predicted octanol–water partition coefficient (Wildman–Crippen LogP) is 2.57. The first-order valence-electron chi connectivity index (χ1n) is 5.54. The molecule has 1 aromatic heterocycles. The van der Waals surface area contributed by atoms with E-state index in [1.165, 1.54) is 10.6 Å². The summed E-state index contributed by atoms with van der Waals surface area (Å²) in [6.07, 6.45) is 1.12. The fourth-order valence-corrected chi connectivity index (χ4v) is 2.46. The normalized spacial score (nSPS) is 12.9. The molecular weight excluding hydrogens is 206 g/mol. The third-order valence-electron chi connectivity index (χ3n) is 2.78. The van der Waals surface area contributed by atoms with Gasteiger partial charge in [-0.1, -0.05) is 13.8 Å². The highest BCUT2D eigenvalue weighted by atomic mass is 32.1. The van der Waals surface area contributed by atoms with E-state index in [0.29, 0.717) is 12.5 Å². The highest BCUT2D eigenvalue weighted by Crippen LogP contribution is 2.31. The Balaban J connectivity index is 3.00. The van der Waals surface area contributed by atoms with Gasteiger partial charge in [-0.3, -0.25) is 0 Å². The minimum Gasteiger partial charge on any atom is -0.351 e. The molecule has 0 saturated carbocycles. The summed E-state index contributed by atoms with van der Waals surface area (Å²) in [5.41, 5.74) is 6.94. The van der Waals surface area contributed by atoms with E-state index in [2.05, 4.69) is 37.7 Å². The van der Waals surface area contributed by atoms with Gasteiger partial charge in [-0.2, -0.15) is 0 Å². The van der Waals surface area contributed by atoms with E-state index < -0.39 is 0 Å². The monoisotopic (exact) mass is 227 g/mol. The second kappa shape index (κ2) is 5.47. The smallest absolute Gasteiger partial charge is 0.185 e. The van der Waals surface area contributed by atoms with Crippen LogP contribution in [0.15, 0.2) is 0 Å². The standard InChI is InChI=1S/C11H21N3S/c1-5-8(3)10-9(7-12)15-11(13-10)14(4)6-2/h8H,5-7,12H2,1-4H3. The zero-order chi connectivity index (χ0) is 11.4. The Morgan fingerprint density at radius 1 is 1.47 bits per heavy atom. The number of thiazole rings is 1. The summed E-state index contributed by atoms with van der Waals surface area (Å²) >= 11 is 1.73. The van der Waals surface area contributed by atoms with Gasteiger partial charge in [0.2, 0.25) is 0 Å². The first kappa shape index (κ1) is 12.5. The summed E-state index contributed by atoms with van der Waals surface area (Å²) in [5.74, 6) is 0.513. The van der Waals surface area contributed by atoms with Crippen molar-refractivity contribution >= 4 is 16.5 Å². The van der Waals surface area contributed by atoms with Crippen molar-refractivity contribution in [3.8, 4) is 0 Å². The molecule has 86 valence electrons. The number of nitrogens with zero attached hydrogens (tertiary/aromatic N) is 2. The van der Waals surface area contributed by atoms with Crippen molar-refractivity contribution in [2.75, 3.05) is 18.5 Å². The number of hydrogen-bond acceptors (Lipinski definition) is 4. The van der Waals surface area contributed by atoms with Gasteiger partial charge in [0, 0.05) is 25.0 Å². The van der Waals surface area contributed by atoms with Crippen LogP contribution in [0.25, 0.3) is 0 Å². The zero-order valence-corrected chi connectivity index (χ0v) is 10.9. The van der Waals surface area contributed by atoms with Crippen LogP contribution in [0, 0.1) is 0 Å². The zero-order valence-electron chi connectivity index (χ0n) is 10.1. The number of anilines is 1. The van der Waals surface area contributed by atoms with Crippen LogP contribution in [0.5, 0.6) is 0 Å². The maximum absolute atomic E-state index is 5.75. The van der Waals surface area contributed by atoms with Crippen molar-refractivity contribution in [1.29, 1.82) is 0 Å². The van der Waals surface area contributed by atoms with Gasteiger partial charge in [-0.15, -0.1) is 11.3 Å². The summed E-state index contributed by atoms with van der Waals surface area (Å²) in [6.45, 7) is 8.12. The van der Waals surface area contributed by atoms with Gasteiger partial charge in [0.05, 0.1) is 5.69 Å². The van der Waals surface area contributed by atoms with Gasteiger partial charge in [0.15, 0.2) is 5.13 Å². The van der Waals surface area contributed by atoms with E-state index in [4.69, 9.17) is 5.73 Å². The van der Waals surface area contributed by atoms with Gasteiger partial charge < -0.3 is 10.6 Å². The number of nitrogens with two attached hydrogens (primary N) is 1. The van der Waals surface area contributed by atoms with Gasteiger partial charge in [-0.05, 0) is 19.3 Å². The molecule has 2 N–H and O–H groups in total. The van der Waals surface area contributed by atoms with Crippen LogP contribution in [0.3, 0.4) is 0 Å². The topological polar surface area (TPSA) is 42.2 Å². The summed E-state index contributed by atoms with van der Waals surface area (Å²) in [5, 5.41) is 1.09. The van der Waals surface area contributed by atoms with Crippen LogP contribution >= 0.6 is 11.3 Å². The first-order chi connectivity index (χ1) is 7.13. The van der Waals surface area contributed by atoms with Gasteiger partial charge >= 0.3 is 0 Å². The van der Waals surface area contributed by atoms with Crippen molar-refractivity contribution in [3.05, 3.63) is 10.6 Å². The molecule has 0 saturated heterocycles. The Morgan fingerprint density at radius 3 is 2.60 bits per heavy atom. The largest absolute Gasteiger partial charge is 0.351 e. The molecule has 0 radical (unpaired) electrons. The lowest BCUT2D eigenvalue weighted by molar-refractivity contribution is 0.702. The average Bonchev–Trinajstić information content (AvgIpc) is 2.70. The molecular formula is C11H21N3S. The third-order valence-corrected chi connectivity index (χ3v) is 3.99. The lowest BCUT2D eigenvalue weighted by Gasteiger charge is -2.11. The Hall–Kier alpha value is -0.610. The SMILES string of the molecule is CCC(C)c1nc(N(C)CC)sc1CN. The summed E-state index contributed by atoms with van der Waals surface area (Å²) < 4.78 is 0. The molecule has 0 aliphatic rings. The number of rotatable bonds is 5. The lowest BCUT2D eigenvalue weighted by atomic mass is 10.0. The summed E-state index contributed by atoms with van der Waals surface area (Å²) in [7, 11) is 2.07. The van der Waals surface area contributed by atoms with Crippen molar-refractivity contribution in [2.45, 2.75) is 39.7 Å². The number of aromatic nitrogens is 1. The molecule has 15 heavy (non-hydrogen) atoms.